The van der Waals surface area contributed by atoms with Crippen molar-refractivity contribution in [2.45, 2.75) is 26.8 Å². The van der Waals surface area contributed by atoms with Gasteiger partial charge in [-0.2, -0.15) is 0 Å². The van der Waals surface area contributed by atoms with Gasteiger partial charge in [-0.3, -0.25) is 4.79 Å². The van der Waals surface area contributed by atoms with E-state index in [1.165, 1.54) is 0 Å². The van der Waals surface area contributed by atoms with E-state index in [9.17, 15) is 4.79 Å². The van der Waals surface area contributed by atoms with Crippen molar-refractivity contribution in [1.82, 2.24) is 9.88 Å². The van der Waals surface area contributed by atoms with Crippen molar-refractivity contribution in [2.24, 2.45) is 0 Å². The first-order chi connectivity index (χ1) is 9.04. The summed E-state index contributed by atoms with van der Waals surface area (Å²) in [6, 6.07) is 9.37. The molecule has 1 aromatic heterocycles. The second-order valence-electron chi connectivity index (χ2n) is 4.69. The minimum absolute atomic E-state index is 0.00185. The van der Waals surface area contributed by atoms with Gasteiger partial charge in [0.15, 0.2) is 0 Å². The molecular weight excluding hydrogens is 260 g/mol. The number of fused-ring (bicyclic) bond motifs is 1. The second-order valence-corrected chi connectivity index (χ2v) is 5.08. The van der Waals surface area contributed by atoms with Crippen LogP contribution in [0.25, 0.3) is 10.9 Å². The molecule has 0 unspecified atom stereocenters. The maximum Gasteiger partial charge on any atom is 0.254 e. The molecule has 2 aromatic rings. The lowest BCUT2D eigenvalue weighted by Crippen LogP contribution is -2.36. The molecule has 2 rings (SSSR count). The topological polar surface area (TPSA) is 33.2 Å². The van der Waals surface area contributed by atoms with Gasteiger partial charge in [-0.05, 0) is 32.9 Å². The van der Waals surface area contributed by atoms with Gasteiger partial charge in [0, 0.05) is 18.0 Å². The van der Waals surface area contributed by atoms with Gasteiger partial charge in [0.1, 0.15) is 5.15 Å². The molecule has 100 valence electrons. The molecule has 0 radical (unpaired) electrons. The van der Waals surface area contributed by atoms with Crippen molar-refractivity contribution < 1.29 is 4.79 Å². The summed E-state index contributed by atoms with van der Waals surface area (Å²) in [5.41, 5.74) is 1.37. The number of para-hydroxylation sites is 1. The third-order valence-corrected chi connectivity index (χ3v) is 3.33. The molecule has 4 heteroatoms. The minimum Gasteiger partial charge on any atom is -0.336 e. The molecule has 0 aliphatic carbocycles. The predicted octanol–water partition coefficient (Wildman–Crippen LogP) is 3.76. The van der Waals surface area contributed by atoms with Gasteiger partial charge in [-0.1, -0.05) is 29.8 Å². The van der Waals surface area contributed by atoms with Gasteiger partial charge < -0.3 is 4.90 Å². The number of nitrogens with zero attached hydrogens (tertiary/aromatic N) is 2. The summed E-state index contributed by atoms with van der Waals surface area (Å²) in [5, 5.41) is 1.19. The summed E-state index contributed by atoms with van der Waals surface area (Å²) in [7, 11) is 0. The van der Waals surface area contributed by atoms with Gasteiger partial charge in [0.2, 0.25) is 0 Å². The summed E-state index contributed by atoms with van der Waals surface area (Å²) < 4.78 is 0. The SMILES string of the molecule is CCN(C(=O)c1cc(Cl)nc2ccccc12)C(C)C. The van der Waals surface area contributed by atoms with Crippen LogP contribution in [-0.2, 0) is 0 Å². The number of halogens is 1. The summed E-state index contributed by atoms with van der Waals surface area (Å²) in [6.45, 7) is 6.66. The van der Waals surface area contributed by atoms with Gasteiger partial charge in [-0.25, -0.2) is 4.98 Å². The van der Waals surface area contributed by atoms with Crippen molar-refractivity contribution in [1.29, 1.82) is 0 Å². The molecule has 1 aromatic carbocycles. The van der Waals surface area contributed by atoms with Crippen LogP contribution < -0.4 is 0 Å². The van der Waals surface area contributed by atoms with E-state index in [1.54, 1.807) is 6.07 Å². The zero-order valence-electron chi connectivity index (χ0n) is 11.4. The van der Waals surface area contributed by atoms with Crippen LogP contribution in [0.3, 0.4) is 0 Å². The minimum atomic E-state index is -0.00185. The number of carbonyl (C=O) groups is 1. The lowest BCUT2D eigenvalue weighted by atomic mass is 10.1. The number of hydrogen-bond donors (Lipinski definition) is 0. The first-order valence-corrected chi connectivity index (χ1v) is 6.78. The Morgan fingerprint density at radius 3 is 2.68 bits per heavy atom. The Kier molecular flexibility index (Phi) is 4.05. The highest BCUT2D eigenvalue weighted by molar-refractivity contribution is 6.30. The van der Waals surface area contributed by atoms with E-state index in [0.29, 0.717) is 17.3 Å². The van der Waals surface area contributed by atoms with Crippen molar-refractivity contribution in [3.05, 3.63) is 41.0 Å². The first-order valence-electron chi connectivity index (χ1n) is 6.40. The highest BCUT2D eigenvalue weighted by atomic mass is 35.5. The molecule has 0 bridgehead atoms. The molecule has 0 saturated heterocycles. The Hall–Kier alpha value is -1.61. The van der Waals surface area contributed by atoms with Crippen LogP contribution in [0, 0.1) is 0 Å². The second kappa shape index (κ2) is 5.57. The fourth-order valence-electron chi connectivity index (χ4n) is 2.22. The Labute approximate surface area is 118 Å². The maximum absolute atomic E-state index is 12.6. The summed E-state index contributed by atoms with van der Waals surface area (Å²) in [5.74, 6) is -0.00185. The molecule has 19 heavy (non-hydrogen) atoms. The number of aromatic nitrogens is 1. The quantitative estimate of drug-likeness (QED) is 0.800. The molecule has 0 spiro atoms. The molecule has 1 amide bonds. The van der Waals surface area contributed by atoms with Crippen LogP contribution in [0.2, 0.25) is 5.15 Å². The smallest absolute Gasteiger partial charge is 0.254 e. The van der Waals surface area contributed by atoms with Gasteiger partial charge >= 0.3 is 0 Å². The fraction of sp³-hybridized carbons (Fsp3) is 0.333. The molecule has 0 aliphatic rings. The number of benzene rings is 1. The molecule has 0 saturated carbocycles. The van der Waals surface area contributed by atoms with Crippen LogP contribution in [0.5, 0.6) is 0 Å². The van der Waals surface area contributed by atoms with Crippen LogP contribution >= 0.6 is 11.6 Å². The molecular formula is C15H17ClN2O. The fourth-order valence-corrected chi connectivity index (χ4v) is 2.42. The monoisotopic (exact) mass is 276 g/mol. The summed E-state index contributed by atoms with van der Waals surface area (Å²) >= 11 is 6.01. The molecule has 0 fully saturated rings. The van der Waals surface area contributed by atoms with E-state index >= 15 is 0 Å². The Bertz CT molecular complexity index is 610. The zero-order valence-corrected chi connectivity index (χ0v) is 12.1. The molecule has 3 nitrogen and oxygen atoms in total. The average molecular weight is 277 g/mol. The number of hydrogen-bond acceptors (Lipinski definition) is 2. The average Bonchev–Trinajstić information content (AvgIpc) is 2.37. The van der Waals surface area contributed by atoms with Gasteiger partial charge in [-0.15, -0.1) is 0 Å². The molecule has 1 heterocycles. The highest BCUT2D eigenvalue weighted by Gasteiger charge is 2.20. The van der Waals surface area contributed by atoms with Crippen molar-refractivity contribution in [2.75, 3.05) is 6.54 Å². The van der Waals surface area contributed by atoms with Gasteiger partial charge in [0.05, 0.1) is 11.1 Å². The molecule has 0 aliphatic heterocycles. The van der Waals surface area contributed by atoms with E-state index in [4.69, 9.17) is 11.6 Å². The summed E-state index contributed by atoms with van der Waals surface area (Å²) in [6.07, 6.45) is 0. The van der Waals surface area contributed by atoms with E-state index in [1.807, 2.05) is 49.9 Å². The van der Waals surface area contributed by atoms with Gasteiger partial charge in [0.25, 0.3) is 5.91 Å². The van der Waals surface area contributed by atoms with Crippen molar-refractivity contribution in [3.63, 3.8) is 0 Å². The van der Waals surface area contributed by atoms with Crippen LogP contribution in [-0.4, -0.2) is 28.4 Å². The largest absolute Gasteiger partial charge is 0.336 e. The Morgan fingerprint density at radius 2 is 2.05 bits per heavy atom. The normalized spacial score (nSPS) is 11.0. The van der Waals surface area contributed by atoms with Crippen LogP contribution in [0.15, 0.2) is 30.3 Å². The maximum atomic E-state index is 12.6. The third-order valence-electron chi connectivity index (χ3n) is 3.14. The molecule has 0 N–H and O–H groups in total. The molecule has 0 atom stereocenters. The Morgan fingerprint density at radius 1 is 1.37 bits per heavy atom. The first kappa shape index (κ1) is 13.8. The number of rotatable bonds is 3. The predicted molar refractivity (Wildman–Crippen MR) is 78.6 cm³/mol. The van der Waals surface area contributed by atoms with Crippen molar-refractivity contribution in [3.8, 4) is 0 Å². The number of amides is 1. The van der Waals surface area contributed by atoms with E-state index in [2.05, 4.69) is 4.98 Å². The van der Waals surface area contributed by atoms with Crippen LogP contribution in [0.1, 0.15) is 31.1 Å². The lowest BCUT2D eigenvalue weighted by molar-refractivity contribution is 0.0719. The van der Waals surface area contributed by atoms with E-state index in [-0.39, 0.29) is 11.9 Å². The Balaban J connectivity index is 2.58. The highest BCUT2D eigenvalue weighted by Crippen LogP contribution is 2.22. The third kappa shape index (κ3) is 2.71. The standard InChI is InChI=1S/C15H17ClN2O/c1-4-18(10(2)3)15(19)12-9-14(16)17-13-8-6-5-7-11(12)13/h5-10H,4H2,1-3H3. The van der Waals surface area contributed by atoms with Crippen molar-refractivity contribution >= 4 is 28.4 Å². The van der Waals surface area contributed by atoms with E-state index < -0.39 is 0 Å². The lowest BCUT2D eigenvalue weighted by Gasteiger charge is -2.25. The number of pyridine rings is 1. The zero-order chi connectivity index (χ0) is 14.0. The van der Waals surface area contributed by atoms with E-state index in [0.717, 1.165) is 10.9 Å². The number of carbonyl (C=O) groups excluding carboxylic acids is 1. The van der Waals surface area contributed by atoms with Crippen LogP contribution in [0.4, 0.5) is 0 Å². The summed E-state index contributed by atoms with van der Waals surface area (Å²) in [4.78, 5) is 18.7.